The van der Waals surface area contributed by atoms with Gasteiger partial charge in [0.15, 0.2) is 0 Å². The maximum absolute atomic E-state index is 12.6. The van der Waals surface area contributed by atoms with E-state index >= 15 is 0 Å². The second-order valence-corrected chi connectivity index (χ2v) is 2.74. The first kappa shape index (κ1) is 9.99. The maximum Gasteiger partial charge on any atom is 0.126 e. The predicted molar refractivity (Wildman–Crippen MR) is 48.2 cm³/mol. The number of hydrogen-bond donors (Lipinski definition) is 1. The molecule has 72 valence electrons. The van der Waals surface area contributed by atoms with Crippen molar-refractivity contribution in [2.75, 3.05) is 13.2 Å². The molecular formula is C10H13FO2. The molecule has 1 N–H and O–H groups in total. The molecule has 0 fully saturated rings. The van der Waals surface area contributed by atoms with E-state index in [0.29, 0.717) is 12.4 Å². The van der Waals surface area contributed by atoms with Crippen LogP contribution >= 0.6 is 0 Å². The van der Waals surface area contributed by atoms with Gasteiger partial charge in [-0.3, -0.25) is 0 Å². The van der Waals surface area contributed by atoms with Crippen LogP contribution in [0.4, 0.5) is 4.39 Å². The smallest absolute Gasteiger partial charge is 0.126 e. The third-order valence-corrected chi connectivity index (χ3v) is 1.62. The van der Waals surface area contributed by atoms with Crippen molar-refractivity contribution in [2.45, 2.75) is 12.8 Å². The molecule has 0 aliphatic rings. The Morgan fingerprint density at radius 2 is 2.15 bits per heavy atom. The monoisotopic (exact) mass is 184 g/mol. The summed E-state index contributed by atoms with van der Waals surface area (Å²) in [4.78, 5) is 0. The number of benzene rings is 1. The van der Waals surface area contributed by atoms with Gasteiger partial charge in [0.25, 0.3) is 0 Å². The first-order valence-electron chi connectivity index (χ1n) is 4.32. The molecule has 0 unspecified atom stereocenters. The summed E-state index contributed by atoms with van der Waals surface area (Å²) in [5.41, 5.74) is 0. The van der Waals surface area contributed by atoms with Gasteiger partial charge in [-0.2, -0.15) is 0 Å². The molecule has 3 heteroatoms. The Hall–Kier alpha value is -1.09. The van der Waals surface area contributed by atoms with Gasteiger partial charge in [-0.1, -0.05) is 6.07 Å². The Kier molecular flexibility index (Phi) is 4.26. The van der Waals surface area contributed by atoms with Crippen molar-refractivity contribution in [1.82, 2.24) is 0 Å². The summed E-state index contributed by atoms with van der Waals surface area (Å²) in [5, 5.41) is 8.49. The third kappa shape index (κ3) is 3.90. The van der Waals surface area contributed by atoms with Gasteiger partial charge in [0.05, 0.1) is 6.61 Å². The lowest BCUT2D eigenvalue weighted by Gasteiger charge is -2.04. The van der Waals surface area contributed by atoms with Crippen molar-refractivity contribution >= 4 is 0 Å². The first-order chi connectivity index (χ1) is 6.33. The SMILES string of the molecule is OCCCCOc1cccc(F)c1. The second kappa shape index (κ2) is 5.54. The number of hydrogen-bond acceptors (Lipinski definition) is 2. The van der Waals surface area contributed by atoms with E-state index in [-0.39, 0.29) is 12.4 Å². The van der Waals surface area contributed by atoms with Crippen LogP contribution in [0, 0.1) is 5.82 Å². The molecule has 1 aromatic carbocycles. The van der Waals surface area contributed by atoms with Gasteiger partial charge in [-0.05, 0) is 25.0 Å². The summed E-state index contributed by atoms with van der Waals surface area (Å²) < 4.78 is 17.9. The van der Waals surface area contributed by atoms with E-state index in [0.717, 1.165) is 12.8 Å². The second-order valence-electron chi connectivity index (χ2n) is 2.74. The molecule has 1 aromatic rings. The number of halogens is 1. The Morgan fingerprint density at radius 1 is 1.31 bits per heavy atom. The van der Waals surface area contributed by atoms with Crippen LogP contribution in [0.15, 0.2) is 24.3 Å². The normalized spacial score (nSPS) is 10.0. The Labute approximate surface area is 77.0 Å². The fraction of sp³-hybridized carbons (Fsp3) is 0.400. The Bertz CT molecular complexity index is 250. The Morgan fingerprint density at radius 3 is 2.85 bits per heavy atom. The van der Waals surface area contributed by atoms with Crippen LogP contribution in [0.1, 0.15) is 12.8 Å². The molecule has 0 aromatic heterocycles. The summed E-state index contributed by atoms with van der Waals surface area (Å²) in [7, 11) is 0. The van der Waals surface area contributed by atoms with Crippen LogP contribution in [0.2, 0.25) is 0 Å². The minimum Gasteiger partial charge on any atom is -0.493 e. The third-order valence-electron chi connectivity index (χ3n) is 1.62. The van der Waals surface area contributed by atoms with Crippen molar-refractivity contribution in [1.29, 1.82) is 0 Å². The molecule has 0 saturated heterocycles. The summed E-state index contributed by atoms with van der Waals surface area (Å²) >= 11 is 0. The highest BCUT2D eigenvalue weighted by molar-refractivity contribution is 5.22. The van der Waals surface area contributed by atoms with E-state index in [1.807, 2.05) is 0 Å². The van der Waals surface area contributed by atoms with Gasteiger partial charge in [-0.15, -0.1) is 0 Å². The van der Waals surface area contributed by atoms with Crippen molar-refractivity contribution in [3.05, 3.63) is 30.1 Å². The molecule has 0 bridgehead atoms. The zero-order valence-corrected chi connectivity index (χ0v) is 7.37. The van der Waals surface area contributed by atoms with E-state index in [1.165, 1.54) is 12.1 Å². The van der Waals surface area contributed by atoms with Crippen molar-refractivity contribution in [3.8, 4) is 5.75 Å². The minimum absolute atomic E-state index is 0.173. The number of ether oxygens (including phenoxy) is 1. The van der Waals surface area contributed by atoms with E-state index in [9.17, 15) is 4.39 Å². The summed E-state index contributed by atoms with van der Waals surface area (Å²) in [6.07, 6.45) is 1.50. The van der Waals surface area contributed by atoms with Crippen LogP contribution in [0.5, 0.6) is 5.75 Å². The van der Waals surface area contributed by atoms with Crippen molar-refractivity contribution in [2.24, 2.45) is 0 Å². The largest absolute Gasteiger partial charge is 0.493 e. The molecule has 2 nitrogen and oxygen atoms in total. The number of rotatable bonds is 5. The van der Waals surface area contributed by atoms with Crippen LogP contribution < -0.4 is 4.74 Å². The lowest BCUT2D eigenvalue weighted by Crippen LogP contribution is -1.98. The highest BCUT2D eigenvalue weighted by Crippen LogP contribution is 2.12. The van der Waals surface area contributed by atoms with Crippen LogP contribution in [-0.2, 0) is 0 Å². The lowest BCUT2D eigenvalue weighted by molar-refractivity contribution is 0.252. The van der Waals surface area contributed by atoms with Crippen LogP contribution in [0.3, 0.4) is 0 Å². The number of aliphatic hydroxyl groups is 1. The molecule has 0 amide bonds. The predicted octanol–water partition coefficient (Wildman–Crippen LogP) is 1.98. The highest BCUT2D eigenvalue weighted by atomic mass is 19.1. The van der Waals surface area contributed by atoms with Crippen LogP contribution in [0.25, 0.3) is 0 Å². The van der Waals surface area contributed by atoms with Gasteiger partial charge in [0, 0.05) is 12.7 Å². The number of aliphatic hydroxyl groups excluding tert-OH is 1. The van der Waals surface area contributed by atoms with E-state index in [1.54, 1.807) is 12.1 Å². The van der Waals surface area contributed by atoms with E-state index in [2.05, 4.69) is 0 Å². The average molecular weight is 184 g/mol. The Balaban J connectivity index is 2.28. The molecule has 0 aliphatic heterocycles. The van der Waals surface area contributed by atoms with Gasteiger partial charge >= 0.3 is 0 Å². The van der Waals surface area contributed by atoms with Gasteiger partial charge in [0.1, 0.15) is 11.6 Å². The molecule has 0 saturated carbocycles. The zero-order valence-electron chi connectivity index (χ0n) is 7.37. The minimum atomic E-state index is -0.292. The summed E-state index contributed by atoms with van der Waals surface area (Å²) in [6.45, 7) is 0.691. The molecule has 0 heterocycles. The topological polar surface area (TPSA) is 29.5 Å². The molecule has 1 rings (SSSR count). The van der Waals surface area contributed by atoms with Crippen LogP contribution in [-0.4, -0.2) is 18.3 Å². The first-order valence-corrected chi connectivity index (χ1v) is 4.32. The van der Waals surface area contributed by atoms with Crippen molar-refractivity contribution < 1.29 is 14.2 Å². The average Bonchev–Trinajstić information content (AvgIpc) is 2.13. The summed E-state index contributed by atoms with van der Waals surface area (Å²) in [6, 6.07) is 6.04. The van der Waals surface area contributed by atoms with Gasteiger partial charge in [-0.25, -0.2) is 4.39 Å². The zero-order chi connectivity index (χ0) is 9.52. The fourth-order valence-electron chi connectivity index (χ4n) is 0.961. The highest BCUT2D eigenvalue weighted by Gasteiger charge is 1.94. The standard InChI is InChI=1S/C10H13FO2/c11-9-4-3-5-10(8-9)13-7-2-1-6-12/h3-5,8,12H,1-2,6-7H2. The quantitative estimate of drug-likeness (QED) is 0.709. The number of unbranched alkanes of at least 4 members (excludes halogenated alkanes) is 1. The van der Waals surface area contributed by atoms with Crippen molar-refractivity contribution in [3.63, 3.8) is 0 Å². The molecule has 0 radical (unpaired) electrons. The van der Waals surface area contributed by atoms with E-state index < -0.39 is 0 Å². The molecular weight excluding hydrogens is 171 g/mol. The maximum atomic E-state index is 12.6. The summed E-state index contributed by atoms with van der Waals surface area (Å²) in [5.74, 6) is 0.248. The fourth-order valence-corrected chi connectivity index (χ4v) is 0.961. The van der Waals surface area contributed by atoms with E-state index in [4.69, 9.17) is 9.84 Å². The lowest BCUT2D eigenvalue weighted by atomic mass is 10.3. The molecule has 0 spiro atoms. The molecule has 0 aliphatic carbocycles. The molecule has 13 heavy (non-hydrogen) atoms. The molecule has 0 atom stereocenters. The van der Waals surface area contributed by atoms with Gasteiger partial charge in [0.2, 0.25) is 0 Å². The van der Waals surface area contributed by atoms with Gasteiger partial charge < -0.3 is 9.84 Å².